The first kappa shape index (κ1) is 15.7. The number of hydrogen-bond acceptors (Lipinski definition) is 3. The van der Waals surface area contributed by atoms with Gasteiger partial charge in [0.05, 0.1) is 6.61 Å². The van der Waals surface area contributed by atoms with Gasteiger partial charge in [0.1, 0.15) is 6.10 Å². The SMILES string of the molecule is CCC(C)(CC)NC(=O)C1CNCCO1.Cl. The van der Waals surface area contributed by atoms with E-state index in [1.165, 1.54) is 0 Å². The average Bonchev–Trinajstić information content (AvgIpc) is 2.30. The molecule has 0 bridgehead atoms. The smallest absolute Gasteiger partial charge is 0.250 e. The standard InChI is InChI=1S/C11H22N2O2.ClH/c1-4-11(3,5-2)13-10(14)9-8-12-6-7-15-9;/h9,12H,4-8H2,1-3H3,(H,13,14);1H. The fourth-order valence-corrected chi connectivity index (χ4v) is 1.54. The van der Waals surface area contributed by atoms with E-state index in [-0.39, 0.29) is 30.0 Å². The molecule has 0 aromatic heterocycles. The van der Waals surface area contributed by atoms with E-state index in [0.29, 0.717) is 13.2 Å². The predicted octanol–water partition coefficient (Wildman–Crippen LogP) is 1.09. The van der Waals surface area contributed by atoms with Crippen LogP contribution in [0.2, 0.25) is 0 Å². The van der Waals surface area contributed by atoms with Crippen LogP contribution in [0.25, 0.3) is 0 Å². The van der Waals surface area contributed by atoms with Gasteiger partial charge in [0.15, 0.2) is 0 Å². The predicted molar refractivity (Wildman–Crippen MR) is 67.0 cm³/mol. The van der Waals surface area contributed by atoms with E-state index in [0.717, 1.165) is 19.4 Å². The molecule has 1 amide bonds. The van der Waals surface area contributed by atoms with Crippen molar-refractivity contribution in [2.45, 2.75) is 45.3 Å². The van der Waals surface area contributed by atoms with E-state index in [1.54, 1.807) is 0 Å². The Hall–Kier alpha value is -0.320. The molecule has 0 aromatic carbocycles. The number of carbonyl (C=O) groups excluding carboxylic acids is 1. The molecule has 5 heteroatoms. The lowest BCUT2D eigenvalue weighted by atomic mass is 9.95. The Kier molecular flexibility index (Phi) is 6.95. The lowest BCUT2D eigenvalue weighted by Gasteiger charge is -2.31. The number of halogens is 1. The van der Waals surface area contributed by atoms with E-state index in [4.69, 9.17) is 4.74 Å². The summed E-state index contributed by atoms with van der Waals surface area (Å²) < 4.78 is 5.40. The third-order valence-electron chi connectivity index (χ3n) is 3.21. The van der Waals surface area contributed by atoms with Gasteiger partial charge in [-0.25, -0.2) is 0 Å². The minimum absolute atomic E-state index is 0. The number of nitrogens with one attached hydrogen (secondary N) is 2. The van der Waals surface area contributed by atoms with Gasteiger partial charge >= 0.3 is 0 Å². The highest BCUT2D eigenvalue weighted by molar-refractivity contribution is 5.85. The summed E-state index contributed by atoms with van der Waals surface area (Å²) in [5.41, 5.74) is -0.0993. The molecule has 1 saturated heterocycles. The minimum Gasteiger partial charge on any atom is -0.366 e. The van der Waals surface area contributed by atoms with Crippen molar-refractivity contribution in [2.24, 2.45) is 0 Å². The van der Waals surface area contributed by atoms with Crippen molar-refractivity contribution in [3.05, 3.63) is 0 Å². The third-order valence-corrected chi connectivity index (χ3v) is 3.21. The topological polar surface area (TPSA) is 50.4 Å². The molecule has 16 heavy (non-hydrogen) atoms. The first-order chi connectivity index (χ1) is 7.11. The average molecular weight is 251 g/mol. The molecule has 1 aliphatic heterocycles. The van der Waals surface area contributed by atoms with Crippen molar-refractivity contribution >= 4 is 18.3 Å². The van der Waals surface area contributed by atoms with Crippen LogP contribution in [0.15, 0.2) is 0 Å². The van der Waals surface area contributed by atoms with Gasteiger partial charge in [0.2, 0.25) is 0 Å². The summed E-state index contributed by atoms with van der Waals surface area (Å²) in [4.78, 5) is 11.9. The van der Waals surface area contributed by atoms with Crippen molar-refractivity contribution in [2.75, 3.05) is 19.7 Å². The Bertz CT molecular complexity index is 214. The second kappa shape index (κ2) is 7.09. The summed E-state index contributed by atoms with van der Waals surface area (Å²) in [6.07, 6.45) is 1.56. The molecule has 96 valence electrons. The van der Waals surface area contributed by atoms with Crippen molar-refractivity contribution in [1.82, 2.24) is 10.6 Å². The van der Waals surface area contributed by atoms with Crippen LogP contribution in [0.1, 0.15) is 33.6 Å². The fourth-order valence-electron chi connectivity index (χ4n) is 1.54. The van der Waals surface area contributed by atoms with Crippen molar-refractivity contribution < 1.29 is 9.53 Å². The molecule has 1 fully saturated rings. The largest absolute Gasteiger partial charge is 0.366 e. The molecule has 0 radical (unpaired) electrons. The first-order valence-electron chi connectivity index (χ1n) is 5.75. The molecule has 2 N–H and O–H groups in total. The van der Waals surface area contributed by atoms with E-state index in [1.807, 2.05) is 0 Å². The quantitative estimate of drug-likeness (QED) is 0.786. The second-order valence-electron chi connectivity index (χ2n) is 4.32. The maximum absolute atomic E-state index is 11.9. The number of amides is 1. The molecule has 0 aromatic rings. The summed E-state index contributed by atoms with van der Waals surface area (Å²) in [7, 11) is 0. The van der Waals surface area contributed by atoms with E-state index < -0.39 is 0 Å². The Morgan fingerprint density at radius 1 is 1.50 bits per heavy atom. The summed E-state index contributed by atoms with van der Waals surface area (Å²) in [6.45, 7) is 8.32. The monoisotopic (exact) mass is 250 g/mol. The molecule has 1 heterocycles. The zero-order valence-corrected chi connectivity index (χ0v) is 11.2. The number of morpholine rings is 1. The zero-order chi connectivity index (χ0) is 11.3. The molecular formula is C11H23ClN2O2. The maximum atomic E-state index is 11.9. The van der Waals surface area contributed by atoms with E-state index in [2.05, 4.69) is 31.4 Å². The van der Waals surface area contributed by atoms with Gasteiger partial charge in [-0.3, -0.25) is 4.79 Å². The minimum atomic E-state index is -0.323. The fraction of sp³-hybridized carbons (Fsp3) is 0.909. The Morgan fingerprint density at radius 3 is 2.56 bits per heavy atom. The highest BCUT2D eigenvalue weighted by Gasteiger charge is 2.28. The van der Waals surface area contributed by atoms with Crippen LogP contribution in [0.4, 0.5) is 0 Å². The first-order valence-corrected chi connectivity index (χ1v) is 5.75. The van der Waals surface area contributed by atoms with Gasteiger partial charge in [0, 0.05) is 18.6 Å². The molecule has 0 spiro atoms. The van der Waals surface area contributed by atoms with Gasteiger partial charge in [-0.2, -0.15) is 0 Å². The van der Waals surface area contributed by atoms with Crippen LogP contribution in [0, 0.1) is 0 Å². The molecule has 1 unspecified atom stereocenters. The van der Waals surface area contributed by atoms with Gasteiger partial charge in [0.25, 0.3) is 5.91 Å². The van der Waals surface area contributed by atoms with E-state index in [9.17, 15) is 4.79 Å². The van der Waals surface area contributed by atoms with Crippen molar-refractivity contribution in [1.29, 1.82) is 0 Å². The molecular weight excluding hydrogens is 228 g/mol. The molecule has 1 aliphatic rings. The Morgan fingerprint density at radius 2 is 2.12 bits per heavy atom. The molecule has 0 aliphatic carbocycles. The number of rotatable bonds is 4. The lowest BCUT2D eigenvalue weighted by molar-refractivity contribution is -0.136. The molecule has 1 rings (SSSR count). The van der Waals surface area contributed by atoms with Crippen LogP contribution in [-0.4, -0.2) is 37.2 Å². The van der Waals surface area contributed by atoms with Gasteiger partial charge in [-0.15, -0.1) is 12.4 Å². The summed E-state index contributed by atoms with van der Waals surface area (Å²) >= 11 is 0. The van der Waals surface area contributed by atoms with Gasteiger partial charge < -0.3 is 15.4 Å². The molecule has 1 atom stereocenters. The van der Waals surface area contributed by atoms with Crippen LogP contribution in [0.5, 0.6) is 0 Å². The number of ether oxygens (including phenoxy) is 1. The summed E-state index contributed by atoms with van der Waals surface area (Å²) in [5, 5.41) is 6.21. The normalized spacial score (nSPS) is 21.1. The third kappa shape index (κ3) is 4.28. The van der Waals surface area contributed by atoms with Gasteiger partial charge in [-0.1, -0.05) is 13.8 Å². The summed E-state index contributed by atoms with van der Waals surface area (Å²) in [5.74, 6) is 0.00778. The van der Waals surface area contributed by atoms with Crippen LogP contribution >= 0.6 is 12.4 Å². The molecule has 0 saturated carbocycles. The Labute approximate surface area is 104 Å². The van der Waals surface area contributed by atoms with Crippen LogP contribution in [-0.2, 0) is 9.53 Å². The lowest BCUT2D eigenvalue weighted by Crippen LogP contribution is -2.54. The second-order valence-corrected chi connectivity index (χ2v) is 4.32. The van der Waals surface area contributed by atoms with Crippen molar-refractivity contribution in [3.8, 4) is 0 Å². The maximum Gasteiger partial charge on any atom is 0.250 e. The van der Waals surface area contributed by atoms with Gasteiger partial charge in [-0.05, 0) is 19.8 Å². The number of hydrogen-bond donors (Lipinski definition) is 2. The number of carbonyl (C=O) groups is 1. The summed E-state index contributed by atoms with van der Waals surface area (Å²) in [6, 6.07) is 0. The highest BCUT2D eigenvalue weighted by Crippen LogP contribution is 2.14. The highest BCUT2D eigenvalue weighted by atomic mass is 35.5. The van der Waals surface area contributed by atoms with Crippen LogP contribution < -0.4 is 10.6 Å². The van der Waals surface area contributed by atoms with Crippen molar-refractivity contribution in [3.63, 3.8) is 0 Å². The Balaban J connectivity index is 0.00000225. The molecule has 4 nitrogen and oxygen atoms in total. The zero-order valence-electron chi connectivity index (χ0n) is 10.3. The van der Waals surface area contributed by atoms with Crippen LogP contribution in [0.3, 0.4) is 0 Å². The van der Waals surface area contributed by atoms with E-state index >= 15 is 0 Å².